The van der Waals surface area contributed by atoms with E-state index >= 15 is 0 Å². The average Bonchev–Trinajstić information content (AvgIpc) is 2.50. The van der Waals surface area contributed by atoms with E-state index in [0.29, 0.717) is 0 Å². The summed E-state index contributed by atoms with van der Waals surface area (Å²) < 4.78 is 1.06. The Balaban J connectivity index is 1.95. The van der Waals surface area contributed by atoms with Crippen molar-refractivity contribution >= 4 is 15.9 Å². The summed E-state index contributed by atoms with van der Waals surface area (Å²) in [5, 5.41) is 13.1. The summed E-state index contributed by atoms with van der Waals surface area (Å²) in [6.07, 6.45) is 0. The van der Waals surface area contributed by atoms with Gasteiger partial charge in [-0.15, -0.1) is 0 Å². The second kappa shape index (κ2) is 7.58. The summed E-state index contributed by atoms with van der Waals surface area (Å²) in [5.41, 5.74) is 2.42. The van der Waals surface area contributed by atoms with Crippen molar-refractivity contribution in [3.05, 3.63) is 70.2 Å². The highest BCUT2D eigenvalue weighted by molar-refractivity contribution is 9.10. The van der Waals surface area contributed by atoms with E-state index in [2.05, 4.69) is 52.4 Å². The van der Waals surface area contributed by atoms with Gasteiger partial charge in [0.2, 0.25) is 0 Å². The molecule has 3 heteroatoms. The van der Waals surface area contributed by atoms with Gasteiger partial charge < -0.3 is 10.4 Å². The molecule has 0 aliphatic carbocycles. The van der Waals surface area contributed by atoms with Gasteiger partial charge in [-0.3, -0.25) is 0 Å². The number of benzene rings is 2. The van der Waals surface area contributed by atoms with Gasteiger partial charge in [-0.05, 0) is 30.2 Å². The first-order chi connectivity index (χ1) is 9.70. The molecule has 0 heterocycles. The lowest BCUT2D eigenvalue weighted by Gasteiger charge is -2.20. The molecule has 2 atom stereocenters. The van der Waals surface area contributed by atoms with E-state index in [0.717, 1.165) is 16.6 Å². The van der Waals surface area contributed by atoms with Crippen molar-refractivity contribution < 1.29 is 5.11 Å². The van der Waals surface area contributed by atoms with Crippen molar-refractivity contribution in [1.29, 1.82) is 0 Å². The molecule has 2 unspecified atom stereocenters. The Morgan fingerprint density at radius 2 is 1.65 bits per heavy atom. The minimum Gasteiger partial charge on any atom is -0.396 e. The molecule has 0 saturated heterocycles. The Morgan fingerprint density at radius 3 is 2.25 bits per heavy atom. The highest BCUT2D eigenvalue weighted by Crippen LogP contribution is 2.19. The lowest BCUT2D eigenvalue weighted by atomic mass is 9.99. The van der Waals surface area contributed by atoms with E-state index in [4.69, 9.17) is 0 Å². The molecule has 0 saturated carbocycles. The molecule has 106 valence electrons. The first-order valence-corrected chi connectivity index (χ1v) is 7.64. The van der Waals surface area contributed by atoms with Gasteiger partial charge in [0.1, 0.15) is 0 Å². The van der Waals surface area contributed by atoms with Crippen molar-refractivity contribution in [2.24, 2.45) is 0 Å². The molecule has 0 aliphatic rings. The highest BCUT2D eigenvalue weighted by atomic mass is 79.9. The summed E-state index contributed by atoms with van der Waals surface area (Å²) >= 11 is 3.43. The van der Waals surface area contributed by atoms with E-state index < -0.39 is 0 Å². The second-order valence-electron chi connectivity index (χ2n) is 4.97. The van der Waals surface area contributed by atoms with Gasteiger partial charge in [0.15, 0.2) is 0 Å². The second-order valence-corrected chi connectivity index (χ2v) is 5.89. The zero-order valence-electron chi connectivity index (χ0n) is 11.6. The minimum absolute atomic E-state index is 0.120. The van der Waals surface area contributed by atoms with Crippen molar-refractivity contribution in [3.8, 4) is 0 Å². The Labute approximate surface area is 129 Å². The molecule has 0 aliphatic heterocycles. The molecule has 0 spiro atoms. The number of hydrogen-bond acceptors (Lipinski definition) is 2. The van der Waals surface area contributed by atoms with Crippen LogP contribution in [-0.2, 0) is 0 Å². The number of aliphatic hydroxyl groups is 1. The van der Waals surface area contributed by atoms with Crippen molar-refractivity contribution in [1.82, 2.24) is 5.32 Å². The van der Waals surface area contributed by atoms with Crippen molar-refractivity contribution in [2.75, 3.05) is 13.2 Å². The van der Waals surface area contributed by atoms with Crippen LogP contribution >= 0.6 is 15.9 Å². The topological polar surface area (TPSA) is 32.3 Å². The Bertz CT molecular complexity index is 512. The summed E-state index contributed by atoms with van der Waals surface area (Å²) in [6.45, 7) is 3.05. The average molecular weight is 334 g/mol. The maximum Gasteiger partial charge on any atom is 0.0511 e. The fourth-order valence-corrected chi connectivity index (χ4v) is 2.47. The molecule has 0 radical (unpaired) electrons. The molecular weight excluding hydrogens is 314 g/mol. The molecule has 2 aromatic carbocycles. The molecule has 0 amide bonds. The van der Waals surface area contributed by atoms with E-state index in [-0.39, 0.29) is 18.6 Å². The summed E-state index contributed by atoms with van der Waals surface area (Å²) in [4.78, 5) is 0. The summed E-state index contributed by atoms with van der Waals surface area (Å²) in [5.74, 6) is 0.120. The zero-order chi connectivity index (χ0) is 14.4. The van der Waals surface area contributed by atoms with Crippen molar-refractivity contribution in [3.63, 3.8) is 0 Å². The van der Waals surface area contributed by atoms with Gasteiger partial charge in [0.05, 0.1) is 6.61 Å². The Hall–Kier alpha value is -1.16. The summed E-state index contributed by atoms with van der Waals surface area (Å²) in [7, 11) is 0. The van der Waals surface area contributed by atoms with Crippen LogP contribution in [0.1, 0.15) is 30.0 Å². The number of rotatable bonds is 6. The van der Waals surface area contributed by atoms with Crippen LogP contribution in [0, 0.1) is 0 Å². The lowest BCUT2D eigenvalue weighted by Crippen LogP contribution is -2.26. The van der Waals surface area contributed by atoms with Gasteiger partial charge >= 0.3 is 0 Å². The third-order valence-electron chi connectivity index (χ3n) is 3.53. The Morgan fingerprint density at radius 1 is 1.00 bits per heavy atom. The zero-order valence-corrected chi connectivity index (χ0v) is 13.2. The Kier molecular flexibility index (Phi) is 5.77. The SMILES string of the molecule is CC(NCC(CO)c1ccc(Br)cc1)c1ccccc1. The molecule has 0 fully saturated rings. The maximum atomic E-state index is 9.58. The fraction of sp³-hybridized carbons (Fsp3) is 0.294. The number of hydrogen-bond donors (Lipinski definition) is 2. The molecule has 2 aromatic rings. The van der Waals surface area contributed by atoms with Crippen molar-refractivity contribution in [2.45, 2.75) is 18.9 Å². The highest BCUT2D eigenvalue weighted by Gasteiger charge is 2.12. The summed E-state index contributed by atoms with van der Waals surface area (Å²) in [6, 6.07) is 18.8. The fourth-order valence-electron chi connectivity index (χ4n) is 2.20. The maximum absolute atomic E-state index is 9.58. The normalized spacial score (nSPS) is 13.9. The van der Waals surface area contributed by atoms with Crippen LogP contribution < -0.4 is 5.32 Å². The van der Waals surface area contributed by atoms with Gasteiger partial charge in [-0.2, -0.15) is 0 Å². The number of halogens is 1. The third kappa shape index (κ3) is 4.17. The monoisotopic (exact) mass is 333 g/mol. The van der Waals surface area contributed by atoms with Gasteiger partial charge in [0.25, 0.3) is 0 Å². The molecule has 0 aromatic heterocycles. The van der Waals surface area contributed by atoms with Crippen LogP contribution in [0.2, 0.25) is 0 Å². The standard InChI is InChI=1S/C17H20BrNO/c1-13(14-5-3-2-4-6-14)19-11-16(12-20)15-7-9-17(18)10-8-15/h2-10,13,16,19-20H,11-12H2,1H3. The lowest BCUT2D eigenvalue weighted by molar-refractivity contribution is 0.259. The smallest absolute Gasteiger partial charge is 0.0511 e. The van der Waals surface area contributed by atoms with Crippen LogP contribution in [-0.4, -0.2) is 18.3 Å². The minimum atomic E-state index is 0.120. The first kappa shape index (κ1) is 15.2. The molecule has 2 rings (SSSR count). The molecule has 2 N–H and O–H groups in total. The predicted octanol–water partition coefficient (Wildman–Crippen LogP) is 3.88. The molecule has 20 heavy (non-hydrogen) atoms. The molecular formula is C17H20BrNO. The van der Waals surface area contributed by atoms with Crippen LogP contribution in [0.4, 0.5) is 0 Å². The first-order valence-electron chi connectivity index (χ1n) is 6.85. The quantitative estimate of drug-likeness (QED) is 0.840. The van der Waals surface area contributed by atoms with E-state index in [1.54, 1.807) is 0 Å². The van der Waals surface area contributed by atoms with E-state index in [9.17, 15) is 5.11 Å². The third-order valence-corrected chi connectivity index (χ3v) is 4.06. The van der Waals surface area contributed by atoms with Crippen LogP contribution in [0.5, 0.6) is 0 Å². The van der Waals surface area contributed by atoms with Crippen LogP contribution in [0.15, 0.2) is 59.1 Å². The van der Waals surface area contributed by atoms with Gasteiger partial charge in [-0.1, -0.05) is 58.4 Å². The number of nitrogens with one attached hydrogen (secondary N) is 1. The molecule has 2 nitrogen and oxygen atoms in total. The van der Waals surface area contributed by atoms with E-state index in [1.165, 1.54) is 5.56 Å². The van der Waals surface area contributed by atoms with Crippen LogP contribution in [0.3, 0.4) is 0 Å². The van der Waals surface area contributed by atoms with E-state index in [1.807, 2.05) is 30.3 Å². The van der Waals surface area contributed by atoms with Crippen LogP contribution in [0.25, 0.3) is 0 Å². The largest absolute Gasteiger partial charge is 0.396 e. The molecule has 0 bridgehead atoms. The van der Waals surface area contributed by atoms with Gasteiger partial charge in [0, 0.05) is 23.0 Å². The predicted molar refractivity (Wildman–Crippen MR) is 86.8 cm³/mol. The van der Waals surface area contributed by atoms with Gasteiger partial charge in [-0.25, -0.2) is 0 Å². The number of aliphatic hydroxyl groups excluding tert-OH is 1.